The van der Waals surface area contributed by atoms with E-state index in [0.717, 1.165) is 24.1 Å². The van der Waals surface area contributed by atoms with Crippen LogP contribution in [0.1, 0.15) is 54.8 Å². The summed E-state index contributed by atoms with van der Waals surface area (Å²) in [4.78, 5) is 8.97. The lowest BCUT2D eigenvalue weighted by molar-refractivity contribution is 0.433. The number of benzene rings is 1. The maximum Gasteiger partial charge on any atom is 0.190 e. The molecule has 3 rings (SSSR count). The zero-order valence-electron chi connectivity index (χ0n) is 13.6. The molecule has 1 aromatic heterocycles. The number of aromatic nitrogens is 2. The summed E-state index contributed by atoms with van der Waals surface area (Å²) in [6, 6.07) is 7.61. The van der Waals surface area contributed by atoms with Crippen LogP contribution in [0.4, 0.5) is 5.82 Å². The van der Waals surface area contributed by atoms with Gasteiger partial charge in [-0.3, -0.25) is 0 Å². The number of hydrogen-bond acceptors (Lipinski definition) is 5. The fourth-order valence-corrected chi connectivity index (χ4v) is 4.52. The van der Waals surface area contributed by atoms with Crippen molar-refractivity contribution in [1.29, 1.82) is 5.26 Å². The Morgan fingerprint density at radius 1 is 1.20 bits per heavy atom. The van der Waals surface area contributed by atoms with Crippen molar-refractivity contribution >= 4 is 40.8 Å². The molecule has 1 saturated carbocycles. The van der Waals surface area contributed by atoms with Gasteiger partial charge in [-0.25, -0.2) is 9.97 Å². The Morgan fingerprint density at radius 3 is 2.64 bits per heavy atom. The maximum absolute atomic E-state index is 9.44. The number of nitrogen functional groups attached to an aromatic ring is 1. The molecule has 0 radical (unpaired) electrons. The monoisotopic (exact) mass is 392 g/mol. The van der Waals surface area contributed by atoms with Crippen molar-refractivity contribution in [3.8, 4) is 6.07 Å². The van der Waals surface area contributed by atoms with Gasteiger partial charge in [-0.2, -0.15) is 5.26 Å². The summed E-state index contributed by atoms with van der Waals surface area (Å²) in [6.45, 7) is 0. The highest BCUT2D eigenvalue weighted by atomic mass is 35.5. The van der Waals surface area contributed by atoms with E-state index < -0.39 is 0 Å². The molecule has 25 heavy (non-hydrogen) atoms. The van der Waals surface area contributed by atoms with E-state index >= 15 is 0 Å². The van der Waals surface area contributed by atoms with Crippen molar-refractivity contribution in [2.24, 2.45) is 0 Å². The zero-order chi connectivity index (χ0) is 17.8. The average Bonchev–Trinajstić information content (AvgIpc) is 2.61. The Labute approximate surface area is 161 Å². The molecule has 1 aliphatic carbocycles. The first-order valence-corrected chi connectivity index (χ1v) is 9.97. The molecule has 130 valence electrons. The lowest BCUT2D eigenvalue weighted by Crippen LogP contribution is -2.12. The fraction of sp³-hybridized carbons (Fsp3) is 0.389. The van der Waals surface area contributed by atoms with Gasteiger partial charge in [0.2, 0.25) is 0 Å². The van der Waals surface area contributed by atoms with Gasteiger partial charge in [0.1, 0.15) is 17.5 Å². The Bertz CT molecular complexity index is 813. The molecular formula is C18H18Cl2N4S. The quantitative estimate of drug-likeness (QED) is 0.542. The Balaban J connectivity index is 1.84. The molecule has 1 aromatic carbocycles. The summed E-state index contributed by atoms with van der Waals surface area (Å²) in [7, 11) is 0. The molecule has 0 unspecified atom stereocenters. The van der Waals surface area contributed by atoms with E-state index in [-0.39, 0.29) is 5.82 Å². The van der Waals surface area contributed by atoms with Gasteiger partial charge in [0.05, 0.1) is 5.69 Å². The van der Waals surface area contributed by atoms with E-state index in [1.54, 1.807) is 6.07 Å². The Kier molecular flexibility index (Phi) is 6.06. The third-order valence-corrected chi connectivity index (χ3v) is 5.90. The van der Waals surface area contributed by atoms with Crippen molar-refractivity contribution in [3.63, 3.8) is 0 Å². The number of thioether (sulfide) groups is 1. The molecule has 2 aromatic rings. The molecular weight excluding hydrogens is 375 g/mol. The molecule has 1 fully saturated rings. The van der Waals surface area contributed by atoms with Gasteiger partial charge < -0.3 is 5.73 Å². The number of anilines is 1. The summed E-state index contributed by atoms with van der Waals surface area (Å²) in [5, 5.41) is 11.3. The van der Waals surface area contributed by atoms with Gasteiger partial charge in [0, 0.05) is 21.7 Å². The number of hydrogen-bond donors (Lipinski definition) is 1. The van der Waals surface area contributed by atoms with Crippen LogP contribution < -0.4 is 5.73 Å². The standard InChI is InChI=1S/C18H18Cl2N4S/c19-13-7-6-12(15(20)8-13)10-25-18-23-16(11-4-2-1-3-5-11)14(9-21)17(22)24-18/h6-8,11H,1-5,10H2,(H2,22,23,24). The molecule has 0 spiro atoms. The first-order chi connectivity index (χ1) is 12.1. The van der Waals surface area contributed by atoms with E-state index in [0.29, 0.717) is 32.4 Å². The first kappa shape index (κ1) is 18.3. The SMILES string of the molecule is N#Cc1c(N)nc(SCc2ccc(Cl)cc2Cl)nc1C1CCCCC1. The second-order valence-electron chi connectivity index (χ2n) is 6.12. The normalized spacial score (nSPS) is 15.1. The summed E-state index contributed by atoms with van der Waals surface area (Å²) in [5.74, 6) is 1.18. The van der Waals surface area contributed by atoms with Gasteiger partial charge in [-0.15, -0.1) is 0 Å². The van der Waals surface area contributed by atoms with Gasteiger partial charge in [0.15, 0.2) is 5.16 Å². The summed E-state index contributed by atoms with van der Waals surface area (Å²) >= 11 is 13.6. The molecule has 0 bridgehead atoms. The highest BCUT2D eigenvalue weighted by Gasteiger charge is 2.23. The molecule has 4 nitrogen and oxygen atoms in total. The van der Waals surface area contributed by atoms with Crippen LogP contribution in [-0.4, -0.2) is 9.97 Å². The topological polar surface area (TPSA) is 75.6 Å². The van der Waals surface area contributed by atoms with Gasteiger partial charge in [-0.05, 0) is 30.5 Å². The largest absolute Gasteiger partial charge is 0.382 e. The highest BCUT2D eigenvalue weighted by molar-refractivity contribution is 7.98. The van der Waals surface area contributed by atoms with E-state index in [1.165, 1.54) is 31.0 Å². The minimum Gasteiger partial charge on any atom is -0.382 e. The van der Waals surface area contributed by atoms with Crippen LogP contribution in [0.5, 0.6) is 0 Å². The number of nitrogens with zero attached hydrogens (tertiary/aromatic N) is 3. The fourth-order valence-electron chi connectivity index (χ4n) is 3.11. The molecule has 0 aliphatic heterocycles. The third-order valence-electron chi connectivity index (χ3n) is 4.42. The molecule has 1 heterocycles. The lowest BCUT2D eigenvalue weighted by Gasteiger charge is -2.22. The smallest absolute Gasteiger partial charge is 0.190 e. The highest BCUT2D eigenvalue weighted by Crippen LogP contribution is 2.36. The Hall–Kier alpha value is -1.48. The number of rotatable bonds is 4. The van der Waals surface area contributed by atoms with Crippen molar-refractivity contribution < 1.29 is 0 Å². The summed E-state index contributed by atoms with van der Waals surface area (Å²) in [5.41, 5.74) is 8.22. The lowest BCUT2D eigenvalue weighted by atomic mass is 9.85. The second-order valence-corrected chi connectivity index (χ2v) is 7.91. The molecule has 0 amide bonds. The number of halogens is 2. The van der Waals surface area contributed by atoms with Crippen molar-refractivity contribution in [3.05, 3.63) is 45.1 Å². The van der Waals surface area contributed by atoms with Crippen LogP contribution >= 0.6 is 35.0 Å². The third kappa shape index (κ3) is 4.38. The number of nitrogens with two attached hydrogens (primary N) is 1. The molecule has 0 atom stereocenters. The minimum atomic E-state index is 0.266. The Morgan fingerprint density at radius 2 is 1.96 bits per heavy atom. The zero-order valence-corrected chi connectivity index (χ0v) is 16.0. The molecule has 7 heteroatoms. The summed E-state index contributed by atoms with van der Waals surface area (Å²) < 4.78 is 0. The van der Waals surface area contributed by atoms with Crippen LogP contribution in [-0.2, 0) is 5.75 Å². The van der Waals surface area contributed by atoms with Crippen molar-refractivity contribution in [2.75, 3.05) is 5.73 Å². The molecule has 2 N–H and O–H groups in total. The molecule has 0 saturated heterocycles. The van der Waals surface area contributed by atoms with E-state index in [9.17, 15) is 5.26 Å². The van der Waals surface area contributed by atoms with Crippen molar-refractivity contribution in [2.45, 2.75) is 48.9 Å². The van der Waals surface area contributed by atoms with Crippen LogP contribution in [0.25, 0.3) is 0 Å². The minimum absolute atomic E-state index is 0.266. The van der Waals surface area contributed by atoms with Gasteiger partial charge >= 0.3 is 0 Å². The van der Waals surface area contributed by atoms with Crippen LogP contribution in [0, 0.1) is 11.3 Å². The summed E-state index contributed by atoms with van der Waals surface area (Å²) in [6.07, 6.45) is 5.69. The number of nitriles is 1. The second kappa shape index (κ2) is 8.27. The van der Waals surface area contributed by atoms with E-state index in [1.807, 2.05) is 12.1 Å². The predicted molar refractivity (Wildman–Crippen MR) is 103 cm³/mol. The predicted octanol–water partition coefficient (Wildman–Crippen LogP) is 5.58. The van der Waals surface area contributed by atoms with Gasteiger partial charge in [-0.1, -0.05) is 60.3 Å². The van der Waals surface area contributed by atoms with Crippen LogP contribution in [0.3, 0.4) is 0 Å². The van der Waals surface area contributed by atoms with Crippen molar-refractivity contribution in [1.82, 2.24) is 9.97 Å². The maximum atomic E-state index is 9.44. The van der Waals surface area contributed by atoms with Crippen LogP contribution in [0.15, 0.2) is 23.4 Å². The van der Waals surface area contributed by atoms with E-state index in [2.05, 4.69) is 16.0 Å². The average molecular weight is 393 g/mol. The van der Waals surface area contributed by atoms with E-state index in [4.69, 9.17) is 28.9 Å². The molecule has 1 aliphatic rings. The first-order valence-electron chi connectivity index (χ1n) is 8.22. The van der Waals surface area contributed by atoms with Gasteiger partial charge in [0.25, 0.3) is 0 Å². The van der Waals surface area contributed by atoms with Crippen LogP contribution in [0.2, 0.25) is 10.0 Å².